The van der Waals surface area contributed by atoms with Crippen LogP contribution in [0, 0.1) is 17.7 Å². The summed E-state index contributed by atoms with van der Waals surface area (Å²) < 4.78 is 13.3. The van der Waals surface area contributed by atoms with Gasteiger partial charge in [-0.15, -0.1) is 0 Å². The molecule has 2 N–H and O–H groups in total. The third kappa shape index (κ3) is 4.54. The van der Waals surface area contributed by atoms with Crippen LogP contribution in [0.25, 0.3) is 0 Å². The van der Waals surface area contributed by atoms with Gasteiger partial charge in [0.05, 0.1) is 5.92 Å². The Labute approximate surface area is 143 Å². The van der Waals surface area contributed by atoms with E-state index in [1.54, 1.807) is 12.1 Å². The van der Waals surface area contributed by atoms with Crippen LogP contribution in [0.1, 0.15) is 31.7 Å². The lowest BCUT2D eigenvalue weighted by Crippen LogP contribution is -2.51. The van der Waals surface area contributed by atoms with E-state index in [4.69, 9.17) is 0 Å². The number of benzene rings is 1. The van der Waals surface area contributed by atoms with Gasteiger partial charge >= 0.3 is 0 Å². The molecule has 1 amide bonds. The largest absolute Gasteiger partial charge is 0.353 e. The van der Waals surface area contributed by atoms with Crippen LogP contribution in [0.15, 0.2) is 24.3 Å². The normalized spacial score (nSPS) is 28.5. The van der Waals surface area contributed by atoms with E-state index in [0.29, 0.717) is 12.5 Å². The first kappa shape index (κ1) is 17.4. The maximum absolute atomic E-state index is 13.3. The van der Waals surface area contributed by atoms with Gasteiger partial charge in [0.15, 0.2) is 0 Å². The van der Waals surface area contributed by atoms with Crippen molar-refractivity contribution in [3.8, 4) is 0 Å². The number of amides is 1. The van der Waals surface area contributed by atoms with Crippen molar-refractivity contribution in [1.29, 1.82) is 0 Å². The highest BCUT2D eigenvalue weighted by molar-refractivity contribution is 5.79. The van der Waals surface area contributed by atoms with Crippen LogP contribution in [-0.2, 0) is 11.3 Å². The molecule has 2 heterocycles. The fourth-order valence-electron chi connectivity index (χ4n) is 3.84. The molecule has 2 aliphatic rings. The first-order valence-electron chi connectivity index (χ1n) is 9.09. The van der Waals surface area contributed by atoms with Crippen molar-refractivity contribution < 1.29 is 9.18 Å². The van der Waals surface area contributed by atoms with Crippen molar-refractivity contribution in [1.82, 2.24) is 15.5 Å². The Balaban J connectivity index is 1.53. The summed E-state index contributed by atoms with van der Waals surface area (Å²) in [4.78, 5) is 14.9. The van der Waals surface area contributed by atoms with Gasteiger partial charge in [0.1, 0.15) is 5.82 Å². The van der Waals surface area contributed by atoms with E-state index in [2.05, 4.69) is 22.5 Å². The molecule has 24 heavy (non-hydrogen) atoms. The second-order valence-corrected chi connectivity index (χ2v) is 7.29. The van der Waals surface area contributed by atoms with Crippen LogP contribution >= 0.6 is 0 Å². The number of hydrogen-bond donors (Lipinski definition) is 2. The number of carbonyl (C=O) groups excluding carboxylic acids is 1. The van der Waals surface area contributed by atoms with Gasteiger partial charge in [-0.25, -0.2) is 4.39 Å². The summed E-state index contributed by atoms with van der Waals surface area (Å²) >= 11 is 0. The summed E-state index contributed by atoms with van der Waals surface area (Å²) in [7, 11) is 0. The highest BCUT2D eigenvalue weighted by Crippen LogP contribution is 2.20. The van der Waals surface area contributed by atoms with Crippen molar-refractivity contribution in [2.24, 2.45) is 11.8 Å². The van der Waals surface area contributed by atoms with Crippen LogP contribution in [0.3, 0.4) is 0 Å². The Kier molecular flexibility index (Phi) is 5.85. The van der Waals surface area contributed by atoms with E-state index in [9.17, 15) is 9.18 Å². The molecule has 3 rings (SSSR count). The molecular weight excluding hydrogens is 305 g/mol. The Morgan fingerprint density at radius 3 is 3.08 bits per heavy atom. The molecule has 0 radical (unpaired) electrons. The third-order valence-electron chi connectivity index (χ3n) is 5.28. The number of hydrogen-bond acceptors (Lipinski definition) is 3. The highest BCUT2D eigenvalue weighted by Gasteiger charge is 2.29. The molecule has 1 aromatic rings. The van der Waals surface area contributed by atoms with Gasteiger partial charge in [0.2, 0.25) is 5.91 Å². The van der Waals surface area contributed by atoms with Gasteiger partial charge in [-0.3, -0.25) is 9.69 Å². The van der Waals surface area contributed by atoms with Gasteiger partial charge in [-0.1, -0.05) is 19.1 Å². The zero-order chi connectivity index (χ0) is 16.9. The van der Waals surface area contributed by atoms with Crippen molar-refractivity contribution >= 4 is 5.91 Å². The van der Waals surface area contributed by atoms with E-state index < -0.39 is 0 Å². The number of carbonyl (C=O) groups is 1. The first-order chi connectivity index (χ1) is 11.6. The zero-order valence-electron chi connectivity index (χ0n) is 14.4. The lowest BCUT2D eigenvalue weighted by atomic mass is 9.92. The monoisotopic (exact) mass is 333 g/mol. The highest BCUT2D eigenvalue weighted by atomic mass is 19.1. The molecule has 0 saturated carbocycles. The number of rotatable bonds is 4. The smallest absolute Gasteiger partial charge is 0.224 e. The van der Waals surface area contributed by atoms with E-state index in [-0.39, 0.29) is 23.7 Å². The molecule has 1 aromatic carbocycles. The summed E-state index contributed by atoms with van der Waals surface area (Å²) in [6.45, 7) is 6.60. The minimum atomic E-state index is -0.196. The Morgan fingerprint density at radius 2 is 2.29 bits per heavy atom. The van der Waals surface area contributed by atoms with Crippen molar-refractivity contribution in [3.05, 3.63) is 35.6 Å². The number of piperidine rings is 2. The molecule has 3 atom stereocenters. The topological polar surface area (TPSA) is 44.4 Å². The molecule has 0 bridgehead atoms. The second-order valence-electron chi connectivity index (χ2n) is 7.29. The van der Waals surface area contributed by atoms with Crippen LogP contribution in [0.5, 0.6) is 0 Å². The lowest BCUT2D eigenvalue weighted by Gasteiger charge is -2.35. The summed E-state index contributed by atoms with van der Waals surface area (Å²) in [6, 6.07) is 7.04. The van der Waals surface area contributed by atoms with Gasteiger partial charge in [0, 0.05) is 19.1 Å². The molecule has 132 valence electrons. The molecule has 4 nitrogen and oxygen atoms in total. The van der Waals surface area contributed by atoms with E-state index in [1.807, 2.05) is 6.07 Å². The van der Waals surface area contributed by atoms with E-state index in [0.717, 1.165) is 51.0 Å². The summed E-state index contributed by atoms with van der Waals surface area (Å²) in [5, 5.41) is 6.63. The first-order valence-corrected chi connectivity index (χ1v) is 9.09. The van der Waals surface area contributed by atoms with Crippen molar-refractivity contribution in [2.45, 2.75) is 38.8 Å². The minimum absolute atomic E-state index is 0.0504. The van der Waals surface area contributed by atoms with E-state index >= 15 is 0 Å². The minimum Gasteiger partial charge on any atom is -0.353 e. The van der Waals surface area contributed by atoms with Crippen molar-refractivity contribution in [3.63, 3.8) is 0 Å². The third-order valence-corrected chi connectivity index (χ3v) is 5.28. The number of halogens is 1. The zero-order valence-corrected chi connectivity index (χ0v) is 14.4. The van der Waals surface area contributed by atoms with Crippen LogP contribution in [-0.4, -0.2) is 43.0 Å². The molecular formula is C19H28FN3O. The maximum Gasteiger partial charge on any atom is 0.224 e. The fourth-order valence-corrected chi connectivity index (χ4v) is 3.84. The van der Waals surface area contributed by atoms with Gasteiger partial charge in [-0.2, -0.15) is 0 Å². The standard InChI is InChI=1S/C19H28FN3O/c1-14-11-21-8-7-18(14)22-19(24)16-5-3-9-23(13-16)12-15-4-2-6-17(20)10-15/h2,4,6,10,14,16,18,21H,3,5,7-9,11-13H2,1H3,(H,22,24). The van der Waals surface area contributed by atoms with Crippen molar-refractivity contribution in [2.75, 3.05) is 26.2 Å². The Hall–Kier alpha value is -1.46. The Bertz CT molecular complexity index is 565. The molecule has 3 unspecified atom stereocenters. The number of nitrogens with zero attached hydrogens (tertiary/aromatic N) is 1. The second kappa shape index (κ2) is 8.08. The SMILES string of the molecule is CC1CNCCC1NC(=O)C1CCCN(Cc2cccc(F)c2)C1. The van der Waals surface area contributed by atoms with Gasteiger partial charge in [-0.05, 0) is 62.5 Å². The molecule has 0 aromatic heterocycles. The Morgan fingerprint density at radius 1 is 1.42 bits per heavy atom. The van der Waals surface area contributed by atoms with Crippen LogP contribution in [0.2, 0.25) is 0 Å². The number of likely N-dealkylation sites (tertiary alicyclic amines) is 1. The average molecular weight is 333 g/mol. The van der Waals surface area contributed by atoms with Crippen LogP contribution < -0.4 is 10.6 Å². The van der Waals surface area contributed by atoms with Gasteiger partial charge in [0.25, 0.3) is 0 Å². The summed E-state index contributed by atoms with van der Waals surface area (Å²) in [6.07, 6.45) is 2.98. The molecule has 0 aliphatic carbocycles. The van der Waals surface area contributed by atoms with Crippen LogP contribution in [0.4, 0.5) is 4.39 Å². The average Bonchev–Trinajstić information content (AvgIpc) is 2.57. The predicted octanol–water partition coefficient (Wildman–Crippen LogP) is 2.15. The summed E-state index contributed by atoms with van der Waals surface area (Å²) in [5.74, 6) is 0.528. The molecule has 5 heteroatoms. The molecule has 0 spiro atoms. The van der Waals surface area contributed by atoms with Gasteiger partial charge < -0.3 is 10.6 Å². The van der Waals surface area contributed by atoms with E-state index in [1.165, 1.54) is 6.07 Å². The fraction of sp³-hybridized carbons (Fsp3) is 0.632. The maximum atomic E-state index is 13.3. The summed E-state index contributed by atoms with van der Waals surface area (Å²) in [5.41, 5.74) is 0.975. The lowest BCUT2D eigenvalue weighted by molar-refractivity contribution is -0.128. The molecule has 2 fully saturated rings. The molecule has 2 aliphatic heterocycles. The quantitative estimate of drug-likeness (QED) is 0.887. The molecule has 2 saturated heterocycles. The number of nitrogens with one attached hydrogen (secondary N) is 2. The predicted molar refractivity (Wildman–Crippen MR) is 93.0 cm³/mol.